The number of rotatable bonds is 8. The van der Waals surface area contributed by atoms with Crippen molar-refractivity contribution in [3.8, 4) is 11.5 Å². The minimum absolute atomic E-state index is 0. The Hall–Kier alpha value is -2.07. The van der Waals surface area contributed by atoms with Gasteiger partial charge in [-0.15, -0.1) is 24.0 Å². The van der Waals surface area contributed by atoms with Gasteiger partial charge in [0.05, 0.1) is 13.2 Å². The second-order valence-corrected chi connectivity index (χ2v) is 6.42. The van der Waals surface area contributed by atoms with E-state index in [0.717, 1.165) is 48.1 Å². The molecule has 3 rings (SSSR count). The van der Waals surface area contributed by atoms with E-state index in [2.05, 4.69) is 15.6 Å². The lowest BCUT2D eigenvalue weighted by atomic mass is 10.1. The maximum Gasteiger partial charge on any atom is 0.231 e. The third-order valence-corrected chi connectivity index (χ3v) is 4.32. The molecule has 2 aromatic rings. The molecule has 8 heteroatoms. The summed E-state index contributed by atoms with van der Waals surface area (Å²) >= 11 is 0. The molecule has 0 fully saturated rings. The largest absolute Gasteiger partial charge is 0.454 e. The van der Waals surface area contributed by atoms with E-state index in [4.69, 9.17) is 14.2 Å². The highest BCUT2D eigenvalue weighted by Gasteiger charge is 2.13. The molecule has 0 spiro atoms. The lowest BCUT2D eigenvalue weighted by Crippen LogP contribution is -2.38. The van der Waals surface area contributed by atoms with Crippen LogP contribution in [0.3, 0.4) is 0 Å². The number of hydrogen-bond acceptors (Lipinski definition) is 4. The van der Waals surface area contributed by atoms with Crippen molar-refractivity contribution < 1.29 is 18.6 Å². The molecular weight excluding hydrogens is 488 g/mol. The van der Waals surface area contributed by atoms with Crippen molar-refractivity contribution in [2.75, 3.05) is 27.0 Å². The zero-order valence-electron chi connectivity index (χ0n) is 16.7. The van der Waals surface area contributed by atoms with Gasteiger partial charge >= 0.3 is 0 Å². The fraction of sp³-hybridized carbons (Fsp3) is 0.381. The molecule has 1 aliphatic heterocycles. The molecule has 0 atom stereocenters. The van der Waals surface area contributed by atoms with Gasteiger partial charge < -0.3 is 24.8 Å². The summed E-state index contributed by atoms with van der Waals surface area (Å²) in [7, 11) is 1.55. The van der Waals surface area contributed by atoms with E-state index in [1.807, 2.05) is 25.1 Å². The Morgan fingerprint density at radius 3 is 2.69 bits per heavy atom. The first-order valence-corrected chi connectivity index (χ1v) is 9.36. The Bertz CT molecular complexity index is 833. The molecule has 2 aromatic carbocycles. The van der Waals surface area contributed by atoms with Crippen LogP contribution < -0.4 is 20.1 Å². The molecule has 1 aliphatic rings. The molecule has 0 saturated carbocycles. The Kier molecular flexibility index (Phi) is 9.46. The second-order valence-electron chi connectivity index (χ2n) is 6.42. The Balaban J connectivity index is 0.00000300. The number of guanidine groups is 1. The standard InChI is InChI=1S/C21H26FN3O3.HI/c1-3-23-21(25-12-16-4-6-18(22)17(10-16)13-26-2)24-9-8-15-5-7-19-20(11-15)28-14-27-19;/h4-7,10-11H,3,8-9,12-14H2,1-2H3,(H2,23,24,25);1H. The van der Waals surface area contributed by atoms with Crippen LogP contribution in [0.15, 0.2) is 41.4 Å². The van der Waals surface area contributed by atoms with Crippen LogP contribution in [0.5, 0.6) is 11.5 Å². The number of nitrogens with one attached hydrogen (secondary N) is 2. The number of aliphatic imine (C=N–C) groups is 1. The van der Waals surface area contributed by atoms with Gasteiger partial charge in [0, 0.05) is 25.8 Å². The molecule has 6 nitrogen and oxygen atoms in total. The SMILES string of the molecule is CCNC(=NCc1ccc(F)c(COC)c1)NCCc1ccc2c(c1)OCO2.I. The number of fused-ring (bicyclic) bond motifs is 1. The first-order valence-electron chi connectivity index (χ1n) is 9.36. The fourth-order valence-electron chi connectivity index (χ4n) is 2.93. The van der Waals surface area contributed by atoms with Gasteiger partial charge in [0.25, 0.3) is 0 Å². The van der Waals surface area contributed by atoms with Crippen molar-refractivity contribution in [3.05, 3.63) is 58.9 Å². The van der Waals surface area contributed by atoms with Gasteiger partial charge in [-0.25, -0.2) is 9.38 Å². The number of benzene rings is 2. The van der Waals surface area contributed by atoms with E-state index < -0.39 is 0 Å². The summed E-state index contributed by atoms with van der Waals surface area (Å²) in [5.41, 5.74) is 2.63. The molecular formula is C21H27FIN3O3. The van der Waals surface area contributed by atoms with E-state index in [1.54, 1.807) is 19.2 Å². The summed E-state index contributed by atoms with van der Waals surface area (Å²) in [5.74, 6) is 2.05. The maximum absolute atomic E-state index is 13.7. The number of methoxy groups -OCH3 is 1. The molecule has 0 radical (unpaired) electrons. The van der Waals surface area contributed by atoms with E-state index in [1.165, 1.54) is 6.07 Å². The van der Waals surface area contributed by atoms with Crippen molar-refractivity contribution in [2.45, 2.75) is 26.5 Å². The molecule has 158 valence electrons. The third-order valence-electron chi connectivity index (χ3n) is 4.32. The number of halogens is 2. The predicted octanol–water partition coefficient (Wildman–Crippen LogP) is 3.62. The molecule has 0 aromatic heterocycles. The van der Waals surface area contributed by atoms with Crippen LogP contribution in [0.1, 0.15) is 23.6 Å². The summed E-state index contributed by atoms with van der Waals surface area (Å²) in [5, 5.41) is 6.55. The van der Waals surface area contributed by atoms with Gasteiger partial charge in [-0.2, -0.15) is 0 Å². The fourth-order valence-corrected chi connectivity index (χ4v) is 2.93. The first-order chi connectivity index (χ1) is 13.7. The highest BCUT2D eigenvalue weighted by Crippen LogP contribution is 2.32. The molecule has 2 N–H and O–H groups in total. The van der Waals surface area contributed by atoms with Gasteiger partial charge in [-0.1, -0.05) is 12.1 Å². The molecule has 0 amide bonds. The van der Waals surface area contributed by atoms with Crippen LogP contribution in [-0.4, -0.2) is 33.0 Å². The molecule has 1 heterocycles. The summed E-state index contributed by atoms with van der Waals surface area (Å²) in [6, 6.07) is 11.0. The van der Waals surface area contributed by atoms with E-state index >= 15 is 0 Å². The maximum atomic E-state index is 13.7. The van der Waals surface area contributed by atoms with Crippen molar-refractivity contribution in [2.24, 2.45) is 4.99 Å². The molecule has 0 aliphatic carbocycles. The highest BCUT2D eigenvalue weighted by molar-refractivity contribution is 14.0. The highest BCUT2D eigenvalue weighted by atomic mass is 127. The minimum Gasteiger partial charge on any atom is -0.454 e. The molecule has 29 heavy (non-hydrogen) atoms. The summed E-state index contributed by atoms with van der Waals surface area (Å²) in [4.78, 5) is 4.59. The lowest BCUT2D eigenvalue weighted by molar-refractivity contribution is 0.174. The zero-order chi connectivity index (χ0) is 19.8. The third kappa shape index (κ3) is 6.74. The minimum atomic E-state index is -0.261. The Morgan fingerprint density at radius 2 is 1.90 bits per heavy atom. The predicted molar refractivity (Wildman–Crippen MR) is 122 cm³/mol. The first kappa shape index (κ1) is 23.2. The topological polar surface area (TPSA) is 64.1 Å². The van der Waals surface area contributed by atoms with Crippen LogP contribution in [0.2, 0.25) is 0 Å². The average molecular weight is 515 g/mol. The van der Waals surface area contributed by atoms with Crippen LogP contribution in [0.4, 0.5) is 4.39 Å². The van der Waals surface area contributed by atoms with Crippen LogP contribution in [0, 0.1) is 5.82 Å². The Morgan fingerprint density at radius 1 is 1.10 bits per heavy atom. The van der Waals surface area contributed by atoms with Gasteiger partial charge in [0.15, 0.2) is 17.5 Å². The van der Waals surface area contributed by atoms with Crippen LogP contribution in [0.25, 0.3) is 0 Å². The monoisotopic (exact) mass is 515 g/mol. The van der Waals surface area contributed by atoms with Crippen molar-refractivity contribution in [3.63, 3.8) is 0 Å². The smallest absolute Gasteiger partial charge is 0.231 e. The van der Waals surface area contributed by atoms with Gasteiger partial charge in [0.2, 0.25) is 6.79 Å². The summed E-state index contributed by atoms with van der Waals surface area (Å²) < 4.78 is 29.5. The molecule has 0 bridgehead atoms. The normalized spacial score (nSPS) is 12.4. The Labute approximate surface area is 187 Å². The number of ether oxygens (including phenoxy) is 3. The van der Waals surface area contributed by atoms with E-state index in [9.17, 15) is 4.39 Å². The summed E-state index contributed by atoms with van der Waals surface area (Å²) in [6.45, 7) is 4.49. The van der Waals surface area contributed by atoms with Gasteiger partial charge in [-0.05, 0) is 48.7 Å². The zero-order valence-corrected chi connectivity index (χ0v) is 19.0. The number of hydrogen-bond donors (Lipinski definition) is 2. The number of nitrogens with zero attached hydrogens (tertiary/aromatic N) is 1. The van der Waals surface area contributed by atoms with E-state index in [0.29, 0.717) is 12.1 Å². The van der Waals surface area contributed by atoms with Crippen molar-refractivity contribution >= 4 is 29.9 Å². The van der Waals surface area contributed by atoms with Gasteiger partial charge in [0.1, 0.15) is 5.82 Å². The average Bonchev–Trinajstić information content (AvgIpc) is 3.16. The van der Waals surface area contributed by atoms with E-state index in [-0.39, 0.29) is 43.2 Å². The van der Waals surface area contributed by atoms with Crippen molar-refractivity contribution in [1.82, 2.24) is 10.6 Å². The van der Waals surface area contributed by atoms with Crippen LogP contribution in [-0.2, 0) is 24.3 Å². The molecule has 0 saturated heterocycles. The van der Waals surface area contributed by atoms with Crippen molar-refractivity contribution in [1.29, 1.82) is 0 Å². The lowest BCUT2D eigenvalue weighted by Gasteiger charge is -2.12. The molecule has 0 unspecified atom stereocenters. The van der Waals surface area contributed by atoms with Gasteiger partial charge in [-0.3, -0.25) is 0 Å². The summed E-state index contributed by atoms with van der Waals surface area (Å²) in [6.07, 6.45) is 0.829. The quantitative estimate of drug-likeness (QED) is 0.320. The second kappa shape index (κ2) is 11.8. The van der Waals surface area contributed by atoms with Crippen LogP contribution >= 0.6 is 24.0 Å².